The summed E-state index contributed by atoms with van der Waals surface area (Å²) in [4.78, 5) is 27.4. The van der Waals surface area contributed by atoms with E-state index in [1.54, 1.807) is 6.07 Å². The molecule has 3 atom stereocenters. The smallest absolute Gasteiger partial charge is 0.308 e. The Labute approximate surface area is 224 Å². The number of carbonyl (C=O) groups excluding carboxylic acids is 2. The van der Waals surface area contributed by atoms with Crippen LogP contribution >= 0.6 is 0 Å². The van der Waals surface area contributed by atoms with Crippen LogP contribution < -0.4 is 10.1 Å². The Hall–Kier alpha value is -3.22. The van der Waals surface area contributed by atoms with Crippen LogP contribution in [0, 0.1) is 5.92 Å². The normalized spacial score (nSPS) is 27.5. The van der Waals surface area contributed by atoms with Crippen LogP contribution in [0.25, 0.3) is 10.8 Å². The van der Waals surface area contributed by atoms with E-state index in [-0.39, 0.29) is 17.9 Å². The Bertz CT molecular complexity index is 1370. The first kappa shape index (κ1) is 25.1. The molecule has 3 aromatic rings. The maximum Gasteiger partial charge on any atom is 0.308 e. The number of nitrogens with zero attached hydrogens (tertiary/aromatic N) is 1. The number of likely N-dealkylation sites (tertiary alicyclic amines) is 1. The number of esters is 1. The number of nitrogens with one attached hydrogen (secondary N) is 1. The van der Waals surface area contributed by atoms with Gasteiger partial charge in [-0.2, -0.15) is 0 Å². The van der Waals surface area contributed by atoms with E-state index in [4.69, 9.17) is 4.74 Å². The average Bonchev–Trinajstić information content (AvgIpc) is 3.72. The van der Waals surface area contributed by atoms with Crippen LogP contribution in [-0.4, -0.2) is 53.2 Å². The fourth-order valence-electron chi connectivity index (χ4n) is 6.83. The zero-order chi connectivity index (χ0) is 26.3. The van der Waals surface area contributed by atoms with Crippen LogP contribution in [-0.2, 0) is 10.2 Å². The molecule has 0 spiro atoms. The van der Waals surface area contributed by atoms with Gasteiger partial charge in [0.05, 0.1) is 5.60 Å². The van der Waals surface area contributed by atoms with Gasteiger partial charge in [-0.15, -0.1) is 0 Å². The topological polar surface area (TPSA) is 78.9 Å². The molecule has 0 aromatic heterocycles. The number of fused-ring (bicyclic) bond motifs is 2. The predicted molar refractivity (Wildman–Crippen MR) is 147 cm³/mol. The highest BCUT2D eigenvalue weighted by Gasteiger charge is 2.58. The first-order valence-electron chi connectivity index (χ1n) is 13.9. The maximum absolute atomic E-state index is 13.4. The largest absolute Gasteiger partial charge is 0.427 e. The molecule has 3 aliphatic rings. The Morgan fingerprint density at radius 2 is 1.82 bits per heavy atom. The summed E-state index contributed by atoms with van der Waals surface area (Å²) in [5.41, 5.74) is 0.172. The average molecular weight is 513 g/mol. The minimum atomic E-state index is -0.917. The number of rotatable bonds is 6. The van der Waals surface area contributed by atoms with E-state index in [0.29, 0.717) is 30.7 Å². The summed E-state index contributed by atoms with van der Waals surface area (Å²) >= 11 is 0. The van der Waals surface area contributed by atoms with Gasteiger partial charge in [0.2, 0.25) is 0 Å². The maximum atomic E-state index is 13.4. The highest BCUT2D eigenvalue weighted by molar-refractivity contribution is 5.98. The van der Waals surface area contributed by atoms with Gasteiger partial charge in [-0.05, 0) is 91.6 Å². The summed E-state index contributed by atoms with van der Waals surface area (Å²) < 4.78 is 5.42. The van der Waals surface area contributed by atoms with Crippen molar-refractivity contribution < 1.29 is 19.4 Å². The molecular weight excluding hydrogens is 476 g/mol. The Morgan fingerprint density at radius 1 is 1.00 bits per heavy atom. The van der Waals surface area contributed by atoms with E-state index in [2.05, 4.69) is 10.2 Å². The molecule has 3 aromatic carbocycles. The van der Waals surface area contributed by atoms with Crippen molar-refractivity contribution in [3.05, 3.63) is 77.9 Å². The third kappa shape index (κ3) is 4.83. The van der Waals surface area contributed by atoms with Gasteiger partial charge in [0.15, 0.2) is 0 Å². The molecular formula is C32H36N2O4. The fourth-order valence-corrected chi connectivity index (χ4v) is 6.83. The molecule has 1 amide bonds. The molecule has 1 aliphatic heterocycles. The van der Waals surface area contributed by atoms with E-state index in [0.717, 1.165) is 48.2 Å². The number of amides is 1. The predicted octanol–water partition coefficient (Wildman–Crippen LogP) is 4.83. The molecule has 3 fully saturated rings. The van der Waals surface area contributed by atoms with Gasteiger partial charge in [-0.25, -0.2) is 0 Å². The first-order valence-corrected chi connectivity index (χ1v) is 13.9. The molecule has 1 heterocycles. The minimum absolute atomic E-state index is 0.0680. The number of carbonyl (C=O) groups is 2. The van der Waals surface area contributed by atoms with Gasteiger partial charge >= 0.3 is 5.97 Å². The zero-order valence-electron chi connectivity index (χ0n) is 22.0. The zero-order valence-corrected chi connectivity index (χ0v) is 22.0. The molecule has 2 N–H and O–H groups in total. The van der Waals surface area contributed by atoms with Crippen molar-refractivity contribution in [3.63, 3.8) is 0 Å². The first-order chi connectivity index (χ1) is 18.3. The fraction of sp³-hybridized carbons (Fsp3) is 0.438. The van der Waals surface area contributed by atoms with Crippen LogP contribution in [0.15, 0.2) is 66.7 Å². The summed E-state index contributed by atoms with van der Waals surface area (Å²) in [6.07, 6.45) is 5.33. The van der Waals surface area contributed by atoms with Gasteiger partial charge in [0.1, 0.15) is 5.75 Å². The van der Waals surface area contributed by atoms with Crippen molar-refractivity contribution in [1.82, 2.24) is 10.2 Å². The Kier molecular flexibility index (Phi) is 6.48. The second-order valence-electron chi connectivity index (χ2n) is 11.6. The molecule has 1 saturated heterocycles. The highest BCUT2D eigenvalue weighted by Crippen LogP contribution is 2.52. The van der Waals surface area contributed by atoms with E-state index in [1.807, 2.05) is 60.7 Å². The monoisotopic (exact) mass is 512 g/mol. The minimum Gasteiger partial charge on any atom is -0.427 e. The van der Waals surface area contributed by atoms with E-state index < -0.39 is 11.0 Å². The lowest BCUT2D eigenvalue weighted by atomic mass is 9.55. The third-order valence-electron chi connectivity index (χ3n) is 8.94. The number of piperidine rings is 1. The van der Waals surface area contributed by atoms with Gasteiger partial charge in [0.25, 0.3) is 5.91 Å². The molecule has 6 nitrogen and oxygen atoms in total. The van der Waals surface area contributed by atoms with Crippen LogP contribution in [0.2, 0.25) is 0 Å². The van der Waals surface area contributed by atoms with Crippen molar-refractivity contribution in [2.24, 2.45) is 5.92 Å². The summed E-state index contributed by atoms with van der Waals surface area (Å²) in [5.74, 6) is 0.810. The molecule has 38 heavy (non-hydrogen) atoms. The molecule has 0 unspecified atom stereocenters. The highest BCUT2D eigenvalue weighted by atomic mass is 16.5. The molecule has 6 heteroatoms. The van der Waals surface area contributed by atoms with Crippen molar-refractivity contribution in [2.75, 3.05) is 19.6 Å². The summed E-state index contributed by atoms with van der Waals surface area (Å²) in [5, 5.41) is 17.7. The standard InChI is InChI=1S/C32H36N2O4/c1-22(35)38-29-8-4-7-27(18-29)31-15-16-34(20-23-9-10-23)21-32(31,37)14-13-28(19-31)33-30(36)26-12-11-24-5-2-3-6-25(24)17-26/h2-8,11-12,17-18,23,28,37H,9-10,13-16,19-21H2,1H3,(H,33,36)/t28-,31-,32-/m0/s1. The summed E-state index contributed by atoms with van der Waals surface area (Å²) in [7, 11) is 0. The number of ether oxygens (including phenoxy) is 1. The number of aliphatic hydroxyl groups is 1. The van der Waals surface area contributed by atoms with Crippen LogP contribution in [0.1, 0.15) is 61.4 Å². The van der Waals surface area contributed by atoms with E-state index >= 15 is 0 Å². The van der Waals surface area contributed by atoms with Crippen LogP contribution in [0.4, 0.5) is 0 Å². The second-order valence-corrected chi connectivity index (χ2v) is 11.6. The molecule has 0 bridgehead atoms. The Morgan fingerprint density at radius 3 is 2.61 bits per heavy atom. The lowest BCUT2D eigenvalue weighted by Gasteiger charge is -2.58. The van der Waals surface area contributed by atoms with E-state index in [9.17, 15) is 14.7 Å². The number of β-amino-alcohol motifs (C(OH)–C–C–N with tert-alkyl or cyclic N) is 1. The van der Waals surface area contributed by atoms with Gasteiger partial charge in [-0.3, -0.25) is 9.59 Å². The van der Waals surface area contributed by atoms with Crippen molar-refractivity contribution >= 4 is 22.6 Å². The van der Waals surface area contributed by atoms with Crippen molar-refractivity contribution in [2.45, 2.75) is 62.5 Å². The molecule has 2 aliphatic carbocycles. The van der Waals surface area contributed by atoms with Crippen LogP contribution in [0.3, 0.4) is 0 Å². The molecule has 6 rings (SSSR count). The number of hydrogen-bond donors (Lipinski definition) is 2. The third-order valence-corrected chi connectivity index (χ3v) is 8.94. The van der Waals surface area contributed by atoms with Gasteiger partial charge < -0.3 is 20.1 Å². The lowest BCUT2D eigenvalue weighted by molar-refractivity contribution is -0.132. The molecule has 198 valence electrons. The summed E-state index contributed by atoms with van der Waals surface area (Å²) in [6, 6.07) is 21.4. The number of hydrogen-bond acceptors (Lipinski definition) is 5. The second kappa shape index (κ2) is 9.83. The van der Waals surface area contributed by atoms with Crippen molar-refractivity contribution in [3.8, 4) is 5.75 Å². The van der Waals surface area contributed by atoms with Gasteiger partial charge in [-0.1, -0.05) is 42.5 Å². The Balaban J connectivity index is 1.28. The lowest BCUT2D eigenvalue weighted by Crippen LogP contribution is -2.67. The quantitative estimate of drug-likeness (QED) is 0.365. The molecule has 0 radical (unpaired) electrons. The number of benzene rings is 3. The summed E-state index contributed by atoms with van der Waals surface area (Å²) in [6.45, 7) is 3.99. The van der Waals surface area contributed by atoms with E-state index in [1.165, 1.54) is 19.8 Å². The van der Waals surface area contributed by atoms with Crippen molar-refractivity contribution in [1.29, 1.82) is 0 Å². The molecule has 2 saturated carbocycles. The van der Waals surface area contributed by atoms with Gasteiger partial charge in [0, 0.05) is 37.0 Å². The van der Waals surface area contributed by atoms with Crippen LogP contribution in [0.5, 0.6) is 5.75 Å². The SMILES string of the molecule is CC(=O)Oc1cccc([C@@]23CCN(CC4CC4)C[C@@]2(O)CC[C@H](NC(=O)c2ccc4ccccc4c2)C3)c1.